The van der Waals surface area contributed by atoms with Crippen molar-refractivity contribution in [1.82, 2.24) is 9.55 Å². The highest BCUT2D eigenvalue weighted by atomic mass is 16.5. The second kappa shape index (κ2) is 8.88. The summed E-state index contributed by atoms with van der Waals surface area (Å²) in [5, 5.41) is 0. The summed E-state index contributed by atoms with van der Waals surface area (Å²) in [5.41, 5.74) is 1.43. The average Bonchev–Trinajstić information content (AvgIpc) is 2.93. The standard InChI is InChI=1S/C21H28N2O3/c1-25-20-10-9-17(11-21(20)26-2)19(24)12-18-14-23(15-22-18)13-16-7-5-3-4-6-8-16/h9-11,14-16H,3-8,12-13H2,1-2H3. The molecule has 1 aliphatic carbocycles. The predicted octanol–water partition coefficient (Wildman–Crippen LogP) is 4.30. The largest absolute Gasteiger partial charge is 0.493 e. The zero-order valence-electron chi connectivity index (χ0n) is 15.7. The zero-order chi connectivity index (χ0) is 18.4. The van der Waals surface area contributed by atoms with Gasteiger partial charge in [-0.25, -0.2) is 4.98 Å². The lowest BCUT2D eigenvalue weighted by molar-refractivity contribution is 0.0991. The molecule has 1 fully saturated rings. The number of ketones is 1. The summed E-state index contributed by atoms with van der Waals surface area (Å²) >= 11 is 0. The second-order valence-corrected chi connectivity index (χ2v) is 7.09. The van der Waals surface area contributed by atoms with E-state index < -0.39 is 0 Å². The highest BCUT2D eigenvalue weighted by molar-refractivity contribution is 5.97. The summed E-state index contributed by atoms with van der Waals surface area (Å²) < 4.78 is 12.6. The van der Waals surface area contributed by atoms with E-state index in [1.54, 1.807) is 32.4 Å². The van der Waals surface area contributed by atoms with Gasteiger partial charge in [0.2, 0.25) is 0 Å². The molecule has 3 rings (SSSR count). The van der Waals surface area contributed by atoms with Crippen molar-refractivity contribution in [3.05, 3.63) is 42.0 Å². The van der Waals surface area contributed by atoms with Crippen molar-refractivity contribution in [2.45, 2.75) is 51.5 Å². The first kappa shape index (κ1) is 18.5. The molecule has 0 spiro atoms. The highest BCUT2D eigenvalue weighted by Gasteiger charge is 2.15. The molecule has 5 nitrogen and oxygen atoms in total. The number of ether oxygens (including phenoxy) is 2. The van der Waals surface area contributed by atoms with Crippen LogP contribution in [0.15, 0.2) is 30.7 Å². The van der Waals surface area contributed by atoms with Gasteiger partial charge in [0.1, 0.15) is 0 Å². The fraction of sp³-hybridized carbons (Fsp3) is 0.524. The maximum absolute atomic E-state index is 12.6. The summed E-state index contributed by atoms with van der Waals surface area (Å²) in [4.78, 5) is 17.0. The average molecular weight is 356 g/mol. The Morgan fingerprint density at radius 3 is 2.54 bits per heavy atom. The Labute approximate surface area is 155 Å². The molecular weight excluding hydrogens is 328 g/mol. The van der Waals surface area contributed by atoms with Gasteiger partial charge < -0.3 is 14.0 Å². The molecule has 1 aromatic carbocycles. The zero-order valence-corrected chi connectivity index (χ0v) is 15.7. The van der Waals surface area contributed by atoms with E-state index >= 15 is 0 Å². The van der Waals surface area contributed by atoms with Gasteiger partial charge in [-0.2, -0.15) is 0 Å². The fourth-order valence-corrected chi connectivity index (χ4v) is 3.72. The van der Waals surface area contributed by atoms with Crippen molar-refractivity contribution in [2.24, 2.45) is 5.92 Å². The van der Waals surface area contributed by atoms with Crippen molar-refractivity contribution in [3.63, 3.8) is 0 Å². The fourth-order valence-electron chi connectivity index (χ4n) is 3.72. The molecular formula is C21H28N2O3. The maximum atomic E-state index is 12.6. The van der Waals surface area contributed by atoms with Crippen LogP contribution >= 0.6 is 0 Å². The van der Waals surface area contributed by atoms with Crippen LogP contribution in [0.25, 0.3) is 0 Å². The van der Waals surface area contributed by atoms with Gasteiger partial charge in [-0.15, -0.1) is 0 Å². The normalized spacial score (nSPS) is 15.5. The Balaban J connectivity index is 1.62. The molecule has 1 heterocycles. The molecule has 0 atom stereocenters. The van der Waals surface area contributed by atoms with E-state index in [2.05, 4.69) is 9.55 Å². The van der Waals surface area contributed by atoms with Crippen molar-refractivity contribution in [2.75, 3.05) is 14.2 Å². The second-order valence-electron chi connectivity index (χ2n) is 7.09. The lowest BCUT2D eigenvalue weighted by atomic mass is 10.0. The molecule has 0 N–H and O–H groups in total. The van der Waals surface area contributed by atoms with Crippen LogP contribution in [0.2, 0.25) is 0 Å². The van der Waals surface area contributed by atoms with Crippen LogP contribution in [-0.4, -0.2) is 29.6 Å². The molecule has 1 aromatic heterocycles. The van der Waals surface area contributed by atoms with Crippen LogP contribution in [0.5, 0.6) is 11.5 Å². The van der Waals surface area contributed by atoms with Gasteiger partial charge in [0.15, 0.2) is 17.3 Å². The minimum atomic E-state index is 0.0330. The third-order valence-corrected chi connectivity index (χ3v) is 5.18. The lowest BCUT2D eigenvalue weighted by Crippen LogP contribution is -2.09. The number of benzene rings is 1. The highest BCUT2D eigenvalue weighted by Crippen LogP contribution is 2.28. The van der Waals surface area contributed by atoms with Crippen LogP contribution in [0.3, 0.4) is 0 Å². The molecule has 0 saturated heterocycles. The number of Topliss-reactive ketones (excluding diaryl/α,β-unsaturated/α-hetero) is 1. The van der Waals surface area contributed by atoms with E-state index in [1.807, 2.05) is 12.5 Å². The monoisotopic (exact) mass is 356 g/mol. The Bertz CT molecular complexity index is 731. The number of aromatic nitrogens is 2. The van der Waals surface area contributed by atoms with Crippen molar-refractivity contribution >= 4 is 5.78 Å². The van der Waals surface area contributed by atoms with Gasteiger partial charge in [0.05, 0.1) is 32.7 Å². The summed E-state index contributed by atoms with van der Waals surface area (Å²) in [6.07, 6.45) is 12.2. The number of hydrogen-bond donors (Lipinski definition) is 0. The molecule has 26 heavy (non-hydrogen) atoms. The van der Waals surface area contributed by atoms with E-state index in [9.17, 15) is 4.79 Å². The summed E-state index contributed by atoms with van der Waals surface area (Å²) in [6, 6.07) is 5.26. The Morgan fingerprint density at radius 1 is 1.12 bits per heavy atom. The minimum absolute atomic E-state index is 0.0330. The van der Waals surface area contributed by atoms with Gasteiger partial charge in [0.25, 0.3) is 0 Å². The quantitative estimate of drug-likeness (QED) is 0.548. The molecule has 1 saturated carbocycles. The van der Waals surface area contributed by atoms with Gasteiger partial charge in [-0.05, 0) is 37.0 Å². The SMILES string of the molecule is COc1ccc(C(=O)Cc2cn(CC3CCCCCC3)cn2)cc1OC. The molecule has 0 amide bonds. The van der Waals surface area contributed by atoms with E-state index in [-0.39, 0.29) is 5.78 Å². The Kier molecular flexibility index (Phi) is 6.31. The topological polar surface area (TPSA) is 53.4 Å². The molecule has 0 aliphatic heterocycles. The van der Waals surface area contributed by atoms with Gasteiger partial charge in [0, 0.05) is 18.3 Å². The third kappa shape index (κ3) is 4.65. The van der Waals surface area contributed by atoms with Gasteiger partial charge in [-0.3, -0.25) is 4.79 Å². The Morgan fingerprint density at radius 2 is 1.85 bits per heavy atom. The molecule has 2 aromatic rings. The minimum Gasteiger partial charge on any atom is -0.493 e. The van der Waals surface area contributed by atoms with Crippen LogP contribution < -0.4 is 9.47 Å². The van der Waals surface area contributed by atoms with Crippen molar-refractivity contribution < 1.29 is 14.3 Å². The van der Waals surface area contributed by atoms with Crippen LogP contribution in [-0.2, 0) is 13.0 Å². The number of rotatable bonds is 7. The van der Waals surface area contributed by atoms with Crippen molar-refractivity contribution in [3.8, 4) is 11.5 Å². The van der Waals surface area contributed by atoms with E-state index in [4.69, 9.17) is 9.47 Å². The van der Waals surface area contributed by atoms with Crippen molar-refractivity contribution in [1.29, 1.82) is 0 Å². The number of carbonyl (C=O) groups is 1. The van der Waals surface area contributed by atoms with E-state index in [0.717, 1.165) is 18.2 Å². The summed E-state index contributed by atoms with van der Waals surface area (Å²) in [5.74, 6) is 1.96. The van der Waals surface area contributed by atoms with Gasteiger partial charge >= 0.3 is 0 Å². The lowest BCUT2D eigenvalue weighted by Gasteiger charge is -2.14. The summed E-state index contributed by atoms with van der Waals surface area (Å²) in [7, 11) is 3.15. The molecule has 0 radical (unpaired) electrons. The van der Waals surface area contributed by atoms with Crippen LogP contribution in [0.4, 0.5) is 0 Å². The third-order valence-electron chi connectivity index (χ3n) is 5.18. The van der Waals surface area contributed by atoms with Crippen LogP contribution in [0.1, 0.15) is 54.6 Å². The number of imidazole rings is 1. The first-order valence-electron chi connectivity index (χ1n) is 9.45. The number of methoxy groups -OCH3 is 2. The van der Waals surface area contributed by atoms with Crippen LogP contribution in [0, 0.1) is 5.92 Å². The smallest absolute Gasteiger partial charge is 0.169 e. The molecule has 140 valence electrons. The molecule has 0 unspecified atom stereocenters. The van der Waals surface area contributed by atoms with Gasteiger partial charge in [-0.1, -0.05) is 25.7 Å². The predicted molar refractivity (Wildman–Crippen MR) is 101 cm³/mol. The maximum Gasteiger partial charge on any atom is 0.169 e. The number of nitrogens with zero attached hydrogens (tertiary/aromatic N) is 2. The molecule has 1 aliphatic rings. The molecule has 0 bridgehead atoms. The van der Waals surface area contributed by atoms with E-state index in [0.29, 0.717) is 23.5 Å². The number of hydrogen-bond acceptors (Lipinski definition) is 4. The first-order chi connectivity index (χ1) is 12.7. The Hall–Kier alpha value is -2.30. The number of carbonyl (C=O) groups excluding carboxylic acids is 1. The van der Waals surface area contributed by atoms with E-state index in [1.165, 1.54) is 38.5 Å². The first-order valence-corrected chi connectivity index (χ1v) is 9.45. The molecule has 5 heteroatoms. The summed E-state index contributed by atoms with van der Waals surface area (Å²) in [6.45, 7) is 1.01.